The van der Waals surface area contributed by atoms with Crippen molar-refractivity contribution in [1.29, 1.82) is 0 Å². The number of carbonyl (C=O) groups is 3. The summed E-state index contributed by atoms with van der Waals surface area (Å²) < 4.78 is 6.50. The summed E-state index contributed by atoms with van der Waals surface area (Å²) in [6.07, 6.45) is 2.27. The van der Waals surface area contributed by atoms with Crippen LogP contribution in [0, 0.1) is 13.8 Å². The van der Waals surface area contributed by atoms with Gasteiger partial charge in [-0.1, -0.05) is 28.9 Å². The van der Waals surface area contributed by atoms with Crippen LogP contribution in [0.1, 0.15) is 30.0 Å². The van der Waals surface area contributed by atoms with Crippen molar-refractivity contribution < 1.29 is 19.1 Å². The summed E-state index contributed by atoms with van der Waals surface area (Å²) in [6, 6.07) is 9.84. The molecule has 2 aromatic rings. The maximum absolute atomic E-state index is 13.1. The number of imide groups is 2. The van der Waals surface area contributed by atoms with Crippen molar-refractivity contribution in [2.45, 2.75) is 27.2 Å². The highest BCUT2D eigenvalue weighted by molar-refractivity contribution is 9.10. The van der Waals surface area contributed by atoms with E-state index in [1.54, 1.807) is 24.3 Å². The highest BCUT2D eigenvalue weighted by Crippen LogP contribution is 2.28. The molecule has 29 heavy (non-hydrogen) atoms. The van der Waals surface area contributed by atoms with E-state index in [1.807, 2.05) is 32.9 Å². The fourth-order valence-corrected chi connectivity index (χ4v) is 3.27. The van der Waals surface area contributed by atoms with Crippen molar-refractivity contribution in [3.05, 3.63) is 63.1 Å². The van der Waals surface area contributed by atoms with Gasteiger partial charge in [0.2, 0.25) is 0 Å². The number of rotatable bonds is 5. The van der Waals surface area contributed by atoms with Crippen LogP contribution in [0.25, 0.3) is 6.08 Å². The lowest BCUT2D eigenvalue weighted by atomic mass is 10.0. The highest BCUT2D eigenvalue weighted by Gasteiger charge is 2.37. The fraction of sp³-hybridized carbons (Fsp3) is 0.227. The van der Waals surface area contributed by atoms with Crippen molar-refractivity contribution in [2.24, 2.45) is 0 Å². The predicted molar refractivity (Wildman–Crippen MR) is 115 cm³/mol. The molecule has 0 atom stereocenters. The number of urea groups is 1. The van der Waals surface area contributed by atoms with Gasteiger partial charge >= 0.3 is 6.03 Å². The number of carbonyl (C=O) groups excluding carboxylic acids is 3. The molecule has 0 aromatic heterocycles. The summed E-state index contributed by atoms with van der Waals surface area (Å²) in [4.78, 5) is 38.9. The molecule has 1 heterocycles. The average Bonchev–Trinajstić information content (AvgIpc) is 2.67. The van der Waals surface area contributed by atoms with Crippen LogP contribution < -0.4 is 15.0 Å². The third-order valence-electron chi connectivity index (χ3n) is 4.58. The zero-order chi connectivity index (χ0) is 21.1. The molecule has 1 aliphatic rings. The molecule has 0 saturated carbocycles. The highest BCUT2D eigenvalue weighted by atomic mass is 79.9. The van der Waals surface area contributed by atoms with Crippen molar-refractivity contribution >= 4 is 45.5 Å². The van der Waals surface area contributed by atoms with E-state index in [9.17, 15) is 14.4 Å². The molecule has 1 N–H and O–H groups in total. The minimum Gasteiger partial charge on any atom is -0.493 e. The first-order valence-corrected chi connectivity index (χ1v) is 10.0. The minimum atomic E-state index is -0.767. The van der Waals surface area contributed by atoms with Gasteiger partial charge in [-0.05, 0) is 67.8 Å². The molecule has 4 amide bonds. The number of barbiturate groups is 1. The van der Waals surface area contributed by atoms with Crippen molar-refractivity contribution in [3.63, 3.8) is 0 Å². The Hall–Kier alpha value is -2.93. The molecule has 0 spiro atoms. The largest absolute Gasteiger partial charge is 0.493 e. The molecule has 7 heteroatoms. The summed E-state index contributed by atoms with van der Waals surface area (Å²) in [5.74, 6) is -0.859. The maximum atomic E-state index is 13.1. The van der Waals surface area contributed by atoms with Crippen molar-refractivity contribution in [3.8, 4) is 5.75 Å². The number of halogens is 1. The second kappa shape index (κ2) is 8.61. The number of nitrogens with one attached hydrogen (secondary N) is 1. The molecule has 0 bridgehead atoms. The second-order valence-electron chi connectivity index (χ2n) is 6.76. The maximum Gasteiger partial charge on any atom is 0.335 e. The van der Waals surface area contributed by atoms with E-state index >= 15 is 0 Å². The van der Waals surface area contributed by atoms with Gasteiger partial charge in [-0.2, -0.15) is 0 Å². The van der Waals surface area contributed by atoms with Crippen LogP contribution in [0.4, 0.5) is 10.5 Å². The van der Waals surface area contributed by atoms with E-state index in [-0.39, 0.29) is 5.57 Å². The number of amides is 4. The average molecular weight is 457 g/mol. The van der Waals surface area contributed by atoms with Crippen LogP contribution >= 0.6 is 15.9 Å². The number of anilines is 1. The van der Waals surface area contributed by atoms with E-state index in [4.69, 9.17) is 4.74 Å². The fourth-order valence-electron chi connectivity index (χ4n) is 2.89. The van der Waals surface area contributed by atoms with Gasteiger partial charge in [-0.15, -0.1) is 0 Å². The Morgan fingerprint density at radius 3 is 2.52 bits per heavy atom. The Balaban J connectivity index is 2.04. The Labute approximate surface area is 177 Å². The summed E-state index contributed by atoms with van der Waals surface area (Å²) in [7, 11) is 0. The first-order valence-electron chi connectivity index (χ1n) is 9.23. The monoisotopic (exact) mass is 456 g/mol. The molecular formula is C22H21BrN2O4. The Morgan fingerprint density at radius 1 is 1.07 bits per heavy atom. The molecule has 2 aromatic carbocycles. The van der Waals surface area contributed by atoms with Gasteiger partial charge in [-0.3, -0.25) is 14.9 Å². The molecule has 1 aliphatic heterocycles. The van der Waals surface area contributed by atoms with E-state index in [0.29, 0.717) is 23.6 Å². The Kier molecular flexibility index (Phi) is 6.17. The number of aryl methyl sites for hydroxylation is 2. The van der Waals surface area contributed by atoms with Gasteiger partial charge in [0.05, 0.1) is 12.3 Å². The molecule has 1 saturated heterocycles. The zero-order valence-corrected chi connectivity index (χ0v) is 18.0. The van der Waals surface area contributed by atoms with E-state index in [1.165, 1.54) is 6.08 Å². The summed E-state index contributed by atoms with van der Waals surface area (Å²) in [5, 5.41) is 2.25. The van der Waals surface area contributed by atoms with Gasteiger partial charge in [0.1, 0.15) is 11.3 Å². The number of ether oxygens (including phenoxy) is 1. The molecule has 0 unspecified atom stereocenters. The van der Waals surface area contributed by atoms with Gasteiger partial charge in [-0.25, -0.2) is 9.69 Å². The Morgan fingerprint density at radius 2 is 1.83 bits per heavy atom. The van der Waals surface area contributed by atoms with E-state index < -0.39 is 17.8 Å². The van der Waals surface area contributed by atoms with Crippen LogP contribution in [0.3, 0.4) is 0 Å². The summed E-state index contributed by atoms with van der Waals surface area (Å²) in [5.41, 5.74) is 2.82. The normalized spacial score (nSPS) is 15.7. The number of hydrogen-bond acceptors (Lipinski definition) is 4. The Bertz CT molecular complexity index is 1030. The lowest BCUT2D eigenvalue weighted by Gasteiger charge is -2.27. The van der Waals surface area contributed by atoms with E-state index in [0.717, 1.165) is 26.9 Å². The van der Waals surface area contributed by atoms with Gasteiger partial charge in [0.15, 0.2) is 0 Å². The molecular weight excluding hydrogens is 436 g/mol. The number of benzene rings is 2. The van der Waals surface area contributed by atoms with Crippen LogP contribution in [0.2, 0.25) is 0 Å². The molecule has 1 fully saturated rings. The molecule has 0 radical (unpaired) electrons. The van der Waals surface area contributed by atoms with Crippen LogP contribution in [-0.4, -0.2) is 24.5 Å². The van der Waals surface area contributed by atoms with Gasteiger partial charge in [0.25, 0.3) is 11.8 Å². The van der Waals surface area contributed by atoms with E-state index in [2.05, 4.69) is 21.2 Å². The van der Waals surface area contributed by atoms with Crippen LogP contribution in [-0.2, 0) is 9.59 Å². The molecule has 150 valence electrons. The SMILES string of the molecule is CCCOc1ccc(Br)cc1/C=C1\C(=O)NC(=O)N(c2ccc(C)c(C)c2)C1=O. The lowest BCUT2D eigenvalue weighted by molar-refractivity contribution is -0.122. The van der Waals surface area contributed by atoms with Crippen LogP contribution in [0.15, 0.2) is 46.4 Å². The van der Waals surface area contributed by atoms with Crippen molar-refractivity contribution in [1.82, 2.24) is 5.32 Å². The second-order valence-corrected chi connectivity index (χ2v) is 7.67. The standard InChI is InChI=1S/C22H21BrN2O4/c1-4-9-29-19-8-6-16(23)11-15(19)12-18-20(26)24-22(28)25(21(18)27)17-7-5-13(2)14(3)10-17/h5-8,10-12H,4,9H2,1-3H3,(H,24,26,28)/b18-12+. The number of hydrogen-bond donors (Lipinski definition) is 1. The molecule has 6 nitrogen and oxygen atoms in total. The first kappa shape index (κ1) is 20.8. The summed E-state index contributed by atoms with van der Waals surface area (Å²) >= 11 is 3.40. The smallest absolute Gasteiger partial charge is 0.335 e. The quantitative estimate of drug-likeness (QED) is 0.529. The lowest BCUT2D eigenvalue weighted by Crippen LogP contribution is -2.54. The zero-order valence-electron chi connectivity index (χ0n) is 16.4. The van der Waals surface area contributed by atoms with Crippen molar-refractivity contribution in [2.75, 3.05) is 11.5 Å². The predicted octanol–water partition coefficient (Wildman–Crippen LogP) is 4.52. The molecule has 0 aliphatic carbocycles. The first-order chi connectivity index (χ1) is 13.8. The topological polar surface area (TPSA) is 75.7 Å². The number of nitrogens with zero attached hydrogens (tertiary/aromatic N) is 1. The third kappa shape index (κ3) is 4.40. The van der Waals surface area contributed by atoms with Gasteiger partial charge in [0, 0.05) is 10.0 Å². The van der Waals surface area contributed by atoms with Gasteiger partial charge < -0.3 is 4.74 Å². The van der Waals surface area contributed by atoms with Crippen LogP contribution in [0.5, 0.6) is 5.75 Å². The third-order valence-corrected chi connectivity index (χ3v) is 5.08. The molecule has 3 rings (SSSR count). The minimum absolute atomic E-state index is 0.137. The summed E-state index contributed by atoms with van der Waals surface area (Å²) in [6.45, 7) is 6.33.